The molecule has 4 aromatic rings. The number of tetrazole rings is 1. The number of hydrogen-bond acceptors (Lipinski definition) is 8. The van der Waals surface area contributed by atoms with Crippen LogP contribution in [0.4, 0.5) is 10.2 Å². The van der Waals surface area contributed by atoms with E-state index in [1.165, 1.54) is 42.5 Å². The molecule has 2 aromatic heterocycles. The van der Waals surface area contributed by atoms with Gasteiger partial charge < -0.3 is 15.4 Å². The summed E-state index contributed by atoms with van der Waals surface area (Å²) in [6, 6.07) is 14.4. The number of alkyl halides is 1. The molecule has 11 nitrogen and oxygen atoms in total. The fourth-order valence-corrected chi connectivity index (χ4v) is 4.31. The van der Waals surface area contributed by atoms with E-state index < -0.39 is 29.6 Å². The predicted molar refractivity (Wildman–Crippen MR) is 152 cm³/mol. The quantitative estimate of drug-likeness (QED) is 0.115. The molecule has 0 aliphatic carbocycles. The van der Waals surface area contributed by atoms with E-state index >= 15 is 4.39 Å². The molecule has 2 N–H and O–H groups in total. The Bertz CT molecular complexity index is 1510. The molecular weight excluding hydrogens is 632 g/mol. The van der Waals surface area contributed by atoms with Crippen molar-refractivity contribution in [3.63, 3.8) is 0 Å². The zero-order chi connectivity index (χ0) is 28.5. The lowest BCUT2D eigenvalue weighted by molar-refractivity contribution is -0.123. The number of nitrogens with zero attached hydrogens (tertiary/aromatic N) is 5. The highest BCUT2D eigenvalue weighted by molar-refractivity contribution is 14.1. The Kier molecular flexibility index (Phi) is 9.62. The molecule has 0 aliphatic heterocycles. The summed E-state index contributed by atoms with van der Waals surface area (Å²) in [6.07, 6.45) is 5.25. The topological polar surface area (TPSA) is 141 Å². The maximum atomic E-state index is 15.2. The van der Waals surface area contributed by atoms with Crippen LogP contribution in [0.15, 0.2) is 73.2 Å². The zero-order valence-corrected chi connectivity index (χ0v) is 23.3. The van der Waals surface area contributed by atoms with Gasteiger partial charge in [0.15, 0.2) is 0 Å². The van der Waals surface area contributed by atoms with Crippen LogP contribution in [-0.4, -0.2) is 56.1 Å². The number of amides is 2. The van der Waals surface area contributed by atoms with Crippen LogP contribution in [0.3, 0.4) is 0 Å². The summed E-state index contributed by atoms with van der Waals surface area (Å²) in [6.45, 7) is 0. The van der Waals surface area contributed by atoms with Crippen molar-refractivity contribution in [1.82, 2.24) is 30.5 Å². The van der Waals surface area contributed by atoms with Gasteiger partial charge in [-0.2, -0.15) is 4.68 Å². The Hall–Kier alpha value is -4.53. The molecule has 1 atom stereocenters. The average molecular weight is 655 g/mol. The zero-order valence-electron chi connectivity index (χ0n) is 21.1. The summed E-state index contributed by atoms with van der Waals surface area (Å²) in [7, 11) is 1.25. The van der Waals surface area contributed by atoms with Gasteiger partial charge in [0.05, 0.1) is 18.4 Å². The molecule has 2 aromatic carbocycles. The number of aromatic nitrogens is 5. The number of esters is 1. The van der Waals surface area contributed by atoms with Crippen LogP contribution < -0.4 is 10.6 Å². The largest absolute Gasteiger partial charge is 0.465 e. The Labute approximate surface area is 242 Å². The van der Waals surface area contributed by atoms with E-state index in [-0.39, 0.29) is 23.4 Å². The fraction of sp³-hybridized carbons (Fsp3) is 0.148. The molecule has 0 spiro atoms. The summed E-state index contributed by atoms with van der Waals surface area (Å²) < 4.78 is 21.6. The number of halogens is 2. The molecule has 13 heteroatoms. The molecule has 0 bridgehead atoms. The molecule has 2 heterocycles. The first-order valence-corrected chi connectivity index (χ1v) is 13.4. The maximum Gasteiger partial charge on any atom is 0.339 e. The molecule has 2 amide bonds. The lowest BCUT2D eigenvalue weighted by Crippen LogP contribution is -2.44. The van der Waals surface area contributed by atoms with Gasteiger partial charge in [-0.05, 0) is 45.8 Å². The monoisotopic (exact) mass is 655 g/mol. The minimum absolute atomic E-state index is 0.121. The average Bonchev–Trinajstić information content (AvgIpc) is 3.51. The first-order chi connectivity index (χ1) is 19.4. The van der Waals surface area contributed by atoms with Gasteiger partial charge in [0.25, 0.3) is 0 Å². The Morgan fingerprint density at radius 3 is 2.58 bits per heavy atom. The van der Waals surface area contributed by atoms with Crippen LogP contribution in [0.1, 0.15) is 27.0 Å². The van der Waals surface area contributed by atoms with Gasteiger partial charge in [-0.3, -0.25) is 9.59 Å². The molecule has 0 saturated heterocycles. The van der Waals surface area contributed by atoms with Crippen molar-refractivity contribution in [1.29, 1.82) is 0 Å². The molecule has 40 heavy (non-hydrogen) atoms. The van der Waals surface area contributed by atoms with Gasteiger partial charge in [0, 0.05) is 28.7 Å². The van der Waals surface area contributed by atoms with E-state index in [4.69, 9.17) is 0 Å². The highest BCUT2D eigenvalue weighted by Gasteiger charge is 2.22. The minimum atomic E-state index is -0.994. The number of pyridine rings is 1. The minimum Gasteiger partial charge on any atom is -0.465 e. The van der Waals surface area contributed by atoms with Gasteiger partial charge >= 0.3 is 5.97 Å². The van der Waals surface area contributed by atoms with Crippen molar-refractivity contribution >= 4 is 52.3 Å². The lowest BCUT2D eigenvalue weighted by atomic mass is 10.0. The number of methoxy groups -OCH3 is 1. The lowest BCUT2D eigenvalue weighted by Gasteiger charge is -2.18. The normalized spacial score (nSPS) is 11.7. The van der Waals surface area contributed by atoms with Gasteiger partial charge in [0.1, 0.15) is 24.0 Å². The summed E-state index contributed by atoms with van der Waals surface area (Å²) in [5.74, 6) is -2.03. The number of carbonyl (C=O) groups excluding carboxylic acids is 3. The van der Waals surface area contributed by atoms with E-state index in [9.17, 15) is 14.4 Å². The third-order valence-electron chi connectivity index (χ3n) is 5.73. The number of hydrogen-bond donors (Lipinski definition) is 2. The molecule has 0 aliphatic rings. The second-order valence-electron chi connectivity index (χ2n) is 8.36. The van der Waals surface area contributed by atoms with E-state index in [0.717, 1.165) is 11.6 Å². The predicted octanol–water partition coefficient (Wildman–Crippen LogP) is 3.30. The molecule has 0 unspecified atom stereocenters. The fourth-order valence-electron chi connectivity index (χ4n) is 3.72. The summed E-state index contributed by atoms with van der Waals surface area (Å²) >= 11 is 2.05. The standard InChI is InChI=1S/C27H23FIN7O4/c1-40-27(39)19-8-11-23(30-15-19)33-26(38)21(13-17-5-3-2-4-6-17)32-24(37)12-9-20-22(36-16-31-34-35-36)10-7-18(14-29)25(20)28/h2-12,15-16,21H,13-14H2,1H3,(H,32,37)(H,30,33,38)/b12-9+/t21-/m0/s1. The van der Waals surface area contributed by atoms with Gasteiger partial charge in [0.2, 0.25) is 11.8 Å². The first-order valence-electron chi connectivity index (χ1n) is 11.9. The van der Waals surface area contributed by atoms with Crippen molar-refractivity contribution in [3.05, 3.63) is 101 Å². The number of anilines is 1. The summed E-state index contributed by atoms with van der Waals surface area (Å²) in [4.78, 5) is 41.9. The molecule has 0 fully saturated rings. The summed E-state index contributed by atoms with van der Waals surface area (Å²) in [5.41, 5.74) is 1.95. The molecule has 0 radical (unpaired) electrons. The van der Waals surface area contributed by atoms with Gasteiger partial charge in [-0.1, -0.05) is 59.0 Å². The SMILES string of the molecule is COC(=O)c1ccc(NC(=O)[C@H](Cc2ccccc2)NC(=O)/C=C/c2c(-n3cnnn3)ccc(CI)c2F)nc1. The number of carbonyl (C=O) groups is 3. The number of ether oxygens (including phenoxy) is 1. The first kappa shape index (κ1) is 28.5. The molecule has 4 rings (SSSR count). The highest BCUT2D eigenvalue weighted by Crippen LogP contribution is 2.24. The van der Waals surface area contributed by atoms with Crippen molar-refractivity contribution in [2.24, 2.45) is 0 Å². The second-order valence-corrected chi connectivity index (χ2v) is 9.12. The maximum absolute atomic E-state index is 15.2. The van der Waals surface area contributed by atoms with Crippen LogP contribution in [-0.2, 0) is 25.2 Å². The Balaban J connectivity index is 1.55. The molecule has 0 saturated carbocycles. The van der Waals surface area contributed by atoms with E-state index in [2.05, 4.69) is 35.9 Å². The van der Waals surface area contributed by atoms with Crippen LogP contribution >= 0.6 is 22.6 Å². The molecular formula is C27H23FIN7O4. The summed E-state index contributed by atoms with van der Waals surface area (Å²) in [5, 5.41) is 16.3. The van der Waals surface area contributed by atoms with Crippen molar-refractivity contribution in [3.8, 4) is 5.69 Å². The number of benzene rings is 2. The number of nitrogens with one attached hydrogen (secondary N) is 2. The van der Waals surface area contributed by atoms with E-state index in [1.807, 2.05) is 52.9 Å². The van der Waals surface area contributed by atoms with Crippen LogP contribution in [0.5, 0.6) is 0 Å². The third-order valence-corrected chi connectivity index (χ3v) is 6.55. The van der Waals surface area contributed by atoms with Crippen molar-refractivity contribution < 1.29 is 23.5 Å². The van der Waals surface area contributed by atoms with Crippen LogP contribution in [0, 0.1) is 5.82 Å². The van der Waals surface area contributed by atoms with Crippen LogP contribution in [0.25, 0.3) is 11.8 Å². The van der Waals surface area contributed by atoms with Crippen molar-refractivity contribution in [2.75, 3.05) is 12.4 Å². The van der Waals surface area contributed by atoms with Crippen molar-refractivity contribution in [2.45, 2.75) is 16.9 Å². The van der Waals surface area contributed by atoms with Crippen LogP contribution in [0.2, 0.25) is 0 Å². The van der Waals surface area contributed by atoms with E-state index in [1.54, 1.807) is 12.1 Å². The molecule has 204 valence electrons. The van der Waals surface area contributed by atoms with Gasteiger partial charge in [-0.25, -0.2) is 14.2 Å². The second kappa shape index (κ2) is 13.5. The van der Waals surface area contributed by atoms with Gasteiger partial charge in [-0.15, -0.1) is 5.10 Å². The third kappa shape index (κ3) is 7.11. The highest BCUT2D eigenvalue weighted by atomic mass is 127. The van der Waals surface area contributed by atoms with E-state index in [0.29, 0.717) is 15.7 Å². The Morgan fingerprint density at radius 2 is 1.93 bits per heavy atom. The Morgan fingerprint density at radius 1 is 1.12 bits per heavy atom. The number of rotatable bonds is 10. The smallest absolute Gasteiger partial charge is 0.339 e.